The fourth-order valence-electron chi connectivity index (χ4n) is 3.84. The summed E-state index contributed by atoms with van der Waals surface area (Å²) in [4.78, 5) is 43.7. The summed E-state index contributed by atoms with van der Waals surface area (Å²) >= 11 is 1.32. The van der Waals surface area contributed by atoms with E-state index in [4.69, 9.17) is 4.74 Å². The van der Waals surface area contributed by atoms with Gasteiger partial charge in [0.1, 0.15) is 10.6 Å². The number of thiazole rings is 1. The smallest absolute Gasteiger partial charge is 0.410 e. The lowest BCUT2D eigenvalue weighted by Gasteiger charge is -2.36. The number of piperidine rings is 1. The summed E-state index contributed by atoms with van der Waals surface area (Å²) < 4.78 is 6.89. The molecule has 1 amide bonds. The molecule has 1 atom stereocenters. The minimum atomic E-state index is -1.12. The molecule has 32 heavy (non-hydrogen) atoms. The number of aliphatic hydroxyl groups excluding tert-OH is 1. The Morgan fingerprint density at radius 2 is 1.94 bits per heavy atom. The molecule has 0 saturated carbocycles. The summed E-state index contributed by atoms with van der Waals surface area (Å²) in [5.74, 6) is -1.17. The van der Waals surface area contributed by atoms with Gasteiger partial charge in [0, 0.05) is 25.4 Å². The molecule has 0 aliphatic carbocycles. The predicted octanol–water partition coefficient (Wildman–Crippen LogP) is 3.04. The number of aromatic nitrogens is 2. The Labute approximate surface area is 190 Å². The Morgan fingerprint density at radius 1 is 1.28 bits per heavy atom. The highest BCUT2D eigenvalue weighted by Crippen LogP contribution is 2.37. The van der Waals surface area contributed by atoms with E-state index in [9.17, 15) is 24.6 Å². The van der Waals surface area contributed by atoms with Crippen molar-refractivity contribution in [3.63, 3.8) is 0 Å². The van der Waals surface area contributed by atoms with Gasteiger partial charge < -0.3 is 24.4 Å². The molecule has 0 aromatic carbocycles. The number of aromatic carboxylic acids is 1. The van der Waals surface area contributed by atoms with Gasteiger partial charge in [-0.25, -0.2) is 14.6 Å². The summed E-state index contributed by atoms with van der Waals surface area (Å²) in [5.41, 5.74) is -0.212. The number of amides is 1. The molecule has 1 saturated heterocycles. The third kappa shape index (κ3) is 5.36. The summed E-state index contributed by atoms with van der Waals surface area (Å²) in [7, 11) is 0. The highest BCUT2D eigenvalue weighted by molar-refractivity contribution is 7.11. The summed E-state index contributed by atoms with van der Waals surface area (Å²) in [6, 6.07) is 2.04. The normalized spacial score (nSPS) is 16.1. The Bertz CT molecular complexity index is 1050. The zero-order valence-corrected chi connectivity index (χ0v) is 19.5. The van der Waals surface area contributed by atoms with Crippen LogP contribution in [-0.2, 0) is 11.3 Å². The second-order valence-corrected chi connectivity index (χ2v) is 10.1. The molecule has 0 bridgehead atoms. The fourth-order valence-corrected chi connectivity index (χ4v) is 4.96. The Morgan fingerprint density at radius 3 is 2.47 bits per heavy atom. The maximum Gasteiger partial charge on any atom is 0.410 e. The second kappa shape index (κ2) is 9.41. The number of pyridine rings is 1. The molecule has 9 nitrogen and oxygen atoms in total. The van der Waals surface area contributed by atoms with E-state index in [1.165, 1.54) is 34.2 Å². The number of hydrogen-bond acceptors (Lipinski definition) is 7. The molecule has 1 unspecified atom stereocenters. The first-order valence-electron chi connectivity index (χ1n) is 10.5. The van der Waals surface area contributed by atoms with E-state index in [0.717, 1.165) is 0 Å². The van der Waals surface area contributed by atoms with Crippen LogP contribution in [-0.4, -0.2) is 55.4 Å². The predicted molar refractivity (Wildman–Crippen MR) is 119 cm³/mol. The fraction of sp³-hybridized carbons (Fsp3) is 0.545. The molecule has 1 fully saturated rings. The van der Waals surface area contributed by atoms with E-state index >= 15 is 0 Å². The Balaban J connectivity index is 1.93. The van der Waals surface area contributed by atoms with Crippen molar-refractivity contribution in [1.82, 2.24) is 14.5 Å². The molecule has 10 heteroatoms. The van der Waals surface area contributed by atoms with Crippen LogP contribution in [0.4, 0.5) is 4.79 Å². The number of carbonyl (C=O) groups is 2. The van der Waals surface area contributed by atoms with Crippen LogP contribution in [0.1, 0.15) is 65.6 Å². The van der Waals surface area contributed by atoms with Gasteiger partial charge in [-0.3, -0.25) is 4.79 Å². The van der Waals surface area contributed by atoms with Crippen LogP contribution in [0.3, 0.4) is 0 Å². The van der Waals surface area contributed by atoms with Crippen LogP contribution < -0.4 is 5.56 Å². The number of carboxylic acid groups (broad SMARTS) is 1. The molecule has 1 aliphatic heterocycles. The van der Waals surface area contributed by atoms with E-state index in [1.54, 1.807) is 11.8 Å². The van der Waals surface area contributed by atoms with Crippen LogP contribution in [0.25, 0.3) is 0 Å². The first-order chi connectivity index (χ1) is 15.0. The quantitative estimate of drug-likeness (QED) is 0.699. The van der Waals surface area contributed by atoms with Crippen LogP contribution >= 0.6 is 11.3 Å². The van der Waals surface area contributed by atoms with Gasteiger partial charge in [0.05, 0.1) is 28.8 Å². The third-order valence-corrected chi connectivity index (χ3v) is 6.64. The Kier molecular flexibility index (Phi) is 7.04. The van der Waals surface area contributed by atoms with Crippen molar-refractivity contribution in [2.75, 3.05) is 13.1 Å². The largest absolute Gasteiger partial charge is 0.478 e. The van der Waals surface area contributed by atoms with Gasteiger partial charge in [0.2, 0.25) is 0 Å². The Hall–Kier alpha value is -2.72. The minimum absolute atomic E-state index is 0.0106. The van der Waals surface area contributed by atoms with Crippen molar-refractivity contribution >= 4 is 23.4 Å². The maximum atomic E-state index is 12.8. The van der Waals surface area contributed by atoms with Crippen LogP contribution in [0.5, 0.6) is 0 Å². The van der Waals surface area contributed by atoms with Gasteiger partial charge in [-0.15, -0.1) is 11.3 Å². The molecule has 2 aromatic heterocycles. The lowest BCUT2D eigenvalue weighted by molar-refractivity contribution is 0.0168. The molecule has 2 aromatic rings. The van der Waals surface area contributed by atoms with Crippen LogP contribution in [0.15, 0.2) is 23.1 Å². The first kappa shape index (κ1) is 23.9. The van der Waals surface area contributed by atoms with Crippen molar-refractivity contribution in [3.05, 3.63) is 49.8 Å². The van der Waals surface area contributed by atoms with E-state index in [-0.39, 0.29) is 29.7 Å². The molecule has 3 rings (SSSR count). The zero-order valence-electron chi connectivity index (χ0n) is 18.7. The number of carboxylic acids is 1. The van der Waals surface area contributed by atoms with Crippen LogP contribution in [0.2, 0.25) is 0 Å². The molecule has 1 aliphatic rings. The number of rotatable bonds is 5. The van der Waals surface area contributed by atoms with E-state index in [0.29, 0.717) is 41.5 Å². The average molecular weight is 464 g/mol. The average Bonchev–Trinajstić information content (AvgIpc) is 3.08. The standard InChI is InChI=1S/C22H29N3O6S/c1-13-16(12-26)32-19(23-13)18(25-11-15(20(28)29)5-6-17(25)27)14-7-9-24(10-8-14)21(30)31-22(2,3)4/h5-6,11,14,18,26H,7-10,12H2,1-4H3,(H,28,29). The number of aryl methyl sites for hydroxylation is 1. The van der Waals surface area contributed by atoms with Gasteiger partial charge >= 0.3 is 12.1 Å². The molecule has 3 heterocycles. The van der Waals surface area contributed by atoms with Gasteiger partial charge in [0.25, 0.3) is 5.56 Å². The molecular weight excluding hydrogens is 434 g/mol. The highest BCUT2D eigenvalue weighted by atomic mass is 32.1. The third-order valence-electron chi connectivity index (χ3n) is 5.43. The molecule has 2 N–H and O–H groups in total. The van der Waals surface area contributed by atoms with E-state index < -0.39 is 17.6 Å². The van der Waals surface area contributed by atoms with Crippen molar-refractivity contribution in [2.45, 2.75) is 58.8 Å². The zero-order chi connectivity index (χ0) is 23.6. The van der Waals surface area contributed by atoms with Crippen LogP contribution in [0, 0.1) is 12.8 Å². The lowest BCUT2D eigenvalue weighted by Crippen LogP contribution is -2.44. The van der Waals surface area contributed by atoms with Crippen molar-refractivity contribution in [1.29, 1.82) is 0 Å². The topological polar surface area (TPSA) is 122 Å². The second-order valence-electron chi connectivity index (χ2n) is 8.94. The molecular formula is C22H29N3O6S. The number of aliphatic hydroxyl groups is 1. The van der Waals surface area contributed by atoms with Crippen molar-refractivity contribution in [2.24, 2.45) is 5.92 Å². The molecule has 174 valence electrons. The first-order valence-corrected chi connectivity index (χ1v) is 11.3. The van der Waals surface area contributed by atoms with Gasteiger partial charge in [0.15, 0.2) is 0 Å². The van der Waals surface area contributed by atoms with E-state index in [2.05, 4.69) is 4.98 Å². The SMILES string of the molecule is Cc1nc(C(C2CCN(C(=O)OC(C)(C)C)CC2)n2cc(C(=O)O)ccc2=O)sc1CO. The van der Waals surface area contributed by atoms with E-state index in [1.807, 2.05) is 20.8 Å². The number of likely N-dealkylation sites (tertiary alicyclic amines) is 1. The van der Waals surface area contributed by atoms with Crippen molar-refractivity contribution < 1.29 is 24.5 Å². The number of nitrogens with zero attached hydrogens (tertiary/aromatic N) is 3. The number of carbonyl (C=O) groups excluding carboxylic acids is 1. The highest BCUT2D eigenvalue weighted by Gasteiger charge is 2.34. The summed E-state index contributed by atoms with van der Waals surface area (Å²) in [6.07, 6.45) is 2.18. The monoisotopic (exact) mass is 463 g/mol. The lowest BCUT2D eigenvalue weighted by atomic mass is 9.89. The summed E-state index contributed by atoms with van der Waals surface area (Å²) in [5, 5.41) is 19.7. The number of ether oxygens (including phenoxy) is 1. The van der Waals surface area contributed by atoms with Crippen molar-refractivity contribution in [3.8, 4) is 0 Å². The van der Waals surface area contributed by atoms with Gasteiger partial charge in [-0.05, 0) is 52.5 Å². The van der Waals surface area contributed by atoms with Gasteiger partial charge in [-0.1, -0.05) is 0 Å². The molecule has 0 spiro atoms. The maximum absolute atomic E-state index is 12.8. The molecule has 0 radical (unpaired) electrons. The minimum Gasteiger partial charge on any atom is -0.478 e. The van der Waals surface area contributed by atoms with Gasteiger partial charge in [-0.2, -0.15) is 0 Å². The number of hydrogen-bond donors (Lipinski definition) is 2. The summed E-state index contributed by atoms with van der Waals surface area (Å²) in [6.45, 7) is 8.01.